The van der Waals surface area contributed by atoms with Gasteiger partial charge < -0.3 is 10.2 Å². The van der Waals surface area contributed by atoms with Crippen LogP contribution in [0, 0.1) is 6.92 Å². The summed E-state index contributed by atoms with van der Waals surface area (Å²) in [5, 5.41) is 3.01. The molecule has 1 aliphatic heterocycles. The van der Waals surface area contributed by atoms with Gasteiger partial charge in [-0.2, -0.15) is 0 Å². The molecule has 1 atom stereocenters. The molecule has 2 heterocycles. The largest absolute Gasteiger partial charge is 0.373 e. The molecule has 144 valence electrons. The number of amides is 1. The van der Waals surface area contributed by atoms with E-state index in [4.69, 9.17) is 0 Å². The third kappa shape index (κ3) is 4.27. The molecule has 0 radical (unpaired) electrons. The Bertz CT molecular complexity index is 942. The van der Waals surface area contributed by atoms with Gasteiger partial charge in [0.1, 0.15) is 5.82 Å². The molecule has 0 bridgehead atoms. The summed E-state index contributed by atoms with van der Waals surface area (Å²) in [6, 6.07) is 8.74. The molecule has 0 unspecified atom stereocenters. The highest BCUT2D eigenvalue weighted by atomic mass is 32.2. The van der Waals surface area contributed by atoms with E-state index in [0.717, 1.165) is 17.1 Å². The molecule has 3 rings (SSSR count). The van der Waals surface area contributed by atoms with Gasteiger partial charge in [-0.1, -0.05) is 12.1 Å². The smallest absolute Gasteiger partial charge is 0.254 e. The third-order valence-electron chi connectivity index (χ3n) is 4.75. The van der Waals surface area contributed by atoms with Crippen molar-refractivity contribution in [1.82, 2.24) is 14.9 Å². The Labute approximate surface area is 159 Å². The predicted molar refractivity (Wildman–Crippen MR) is 106 cm³/mol. The minimum atomic E-state index is -3.04. The number of anilines is 1. The van der Waals surface area contributed by atoms with Crippen LogP contribution >= 0.6 is 0 Å². The van der Waals surface area contributed by atoms with Gasteiger partial charge in [-0.15, -0.1) is 0 Å². The normalized spacial score (nSPS) is 18.3. The summed E-state index contributed by atoms with van der Waals surface area (Å²) in [5.74, 6) is 1.38. The number of hydrogen-bond acceptors (Lipinski definition) is 6. The van der Waals surface area contributed by atoms with Crippen molar-refractivity contribution in [2.45, 2.75) is 26.3 Å². The van der Waals surface area contributed by atoms with Crippen LogP contribution in [-0.2, 0) is 9.84 Å². The minimum absolute atomic E-state index is 0.0502. The summed E-state index contributed by atoms with van der Waals surface area (Å²) >= 11 is 0. The van der Waals surface area contributed by atoms with Crippen molar-refractivity contribution in [2.24, 2.45) is 0 Å². The number of carbonyl (C=O) groups is 1. The van der Waals surface area contributed by atoms with E-state index in [-0.39, 0.29) is 23.5 Å². The fourth-order valence-electron chi connectivity index (χ4n) is 3.34. The van der Waals surface area contributed by atoms with E-state index >= 15 is 0 Å². The van der Waals surface area contributed by atoms with Crippen molar-refractivity contribution in [3.63, 3.8) is 0 Å². The number of benzene rings is 1. The molecular weight excluding hydrogens is 364 g/mol. The minimum Gasteiger partial charge on any atom is -0.373 e. The van der Waals surface area contributed by atoms with Crippen LogP contribution in [0.2, 0.25) is 0 Å². The number of aryl methyl sites for hydroxylation is 1. The molecule has 27 heavy (non-hydrogen) atoms. The highest BCUT2D eigenvalue weighted by molar-refractivity contribution is 7.91. The van der Waals surface area contributed by atoms with Crippen LogP contribution in [0.5, 0.6) is 0 Å². The van der Waals surface area contributed by atoms with E-state index in [0.29, 0.717) is 24.4 Å². The third-order valence-corrected chi connectivity index (χ3v) is 6.50. The molecule has 1 fully saturated rings. The van der Waals surface area contributed by atoms with Crippen LogP contribution in [0.3, 0.4) is 0 Å². The molecule has 8 heteroatoms. The van der Waals surface area contributed by atoms with E-state index in [1.807, 2.05) is 32.0 Å². The first kappa shape index (κ1) is 19.3. The second-order valence-corrected chi connectivity index (χ2v) is 8.92. The van der Waals surface area contributed by atoms with Crippen molar-refractivity contribution < 1.29 is 13.2 Å². The lowest BCUT2D eigenvalue weighted by molar-refractivity contribution is 0.0708. The second-order valence-electron chi connectivity index (χ2n) is 6.69. The zero-order valence-electron chi connectivity index (χ0n) is 15.8. The second kappa shape index (κ2) is 7.64. The summed E-state index contributed by atoms with van der Waals surface area (Å²) in [6.45, 7) is 4.25. The predicted octanol–water partition coefficient (Wildman–Crippen LogP) is 2.14. The molecule has 1 aromatic carbocycles. The van der Waals surface area contributed by atoms with Crippen LogP contribution in [-0.4, -0.2) is 60.3 Å². The van der Waals surface area contributed by atoms with Gasteiger partial charge in [-0.3, -0.25) is 4.79 Å². The monoisotopic (exact) mass is 388 g/mol. The van der Waals surface area contributed by atoms with Gasteiger partial charge in [0.05, 0.1) is 11.5 Å². The van der Waals surface area contributed by atoms with E-state index < -0.39 is 9.84 Å². The summed E-state index contributed by atoms with van der Waals surface area (Å²) in [7, 11) is -1.23. The highest BCUT2D eigenvalue weighted by Crippen LogP contribution is 2.22. The maximum absolute atomic E-state index is 12.9. The number of aromatic nitrogens is 2. The van der Waals surface area contributed by atoms with Crippen molar-refractivity contribution in [1.29, 1.82) is 0 Å². The van der Waals surface area contributed by atoms with E-state index in [9.17, 15) is 13.2 Å². The first-order valence-corrected chi connectivity index (χ1v) is 10.8. The zero-order chi connectivity index (χ0) is 19.6. The quantitative estimate of drug-likeness (QED) is 0.844. The lowest BCUT2D eigenvalue weighted by Gasteiger charge is -2.27. The maximum atomic E-state index is 12.9. The lowest BCUT2D eigenvalue weighted by Crippen LogP contribution is -2.40. The number of nitrogens with zero attached hydrogens (tertiary/aromatic N) is 3. The average Bonchev–Trinajstić information content (AvgIpc) is 3.01. The molecule has 0 spiro atoms. The number of rotatable bonds is 5. The lowest BCUT2D eigenvalue weighted by atomic mass is 10.1. The Balaban J connectivity index is 1.82. The molecule has 1 aliphatic rings. The Morgan fingerprint density at radius 1 is 1.26 bits per heavy atom. The molecule has 0 saturated carbocycles. The van der Waals surface area contributed by atoms with E-state index in [2.05, 4.69) is 15.3 Å². The van der Waals surface area contributed by atoms with Crippen LogP contribution in [0.1, 0.15) is 29.4 Å². The highest BCUT2D eigenvalue weighted by Gasteiger charge is 2.34. The Kier molecular flexibility index (Phi) is 5.46. The standard InChI is InChI=1S/C19H24N4O3S/c1-4-23(16-9-10-27(25,26)12-16)19(24)15-7-5-14(6-8-15)18-21-13(2)11-17(20-3)22-18/h5-8,11,16H,4,9-10,12H2,1-3H3,(H,20,21,22)/t16-/m0/s1. The van der Waals surface area contributed by atoms with Gasteiger partial charge in [0.15, 0.2) is 15.7 Å². The number of carbonyl (C=O) groups excluding carboxylic acids is 1. The molecule has 1 amide bonds. The molecule has 1 N–H and O–H groups in total. The molecular formula is C19H24N4O3S. The van der Waals surface area contributed by atoms with E-state index in [1.54, 1.807) is 24.1 Å². The van der Waals surface area contributed by atoms with Crippen LogP contribution in [0.15, 0.2) is 30.3 Å². The first-order valence-electron chi connectivity index (χ1n) is 8.98. The van der Waals surface area contributed by atoms with Crippen molar-refractivity contribution >= 4 is 21.6 Å². The average molecular weight is 388 g/mol. The molecule has 0 aliphatic carbocycles. The number of sulfone groups is 1. The molecule has 1 aromatic heterocycles. The van der Waals surface area contributed by atoms with Crippen LogP contribution in [0.4, 0.5) is 5.82 Å². The van der Waals surface area contributed by atoms with Gasteiger partial charge in [0.2, 0.25) is 0 Å². The van der Waals surface area contributed by atoms with Gasteiger partial charge in [0, 0.05) is 42.5 Å². The number of nitrogens with one attached hydrogen (secondary N) is 1. The molecule has 2 aromatic rings. The fourth-order valence-corrected chi connectivity index (χ4v) is 5.07. The van der Waals surface area contributed by atoms with Gasteiger partial charge >= 0.3 is 0 Å². The van der Waals surface area contributed by atoms with Crippen LogP contribution in [0.25, 0.3) is 11.4 Å². The van der Waals surface area contributed by atoms with Crippen molar-refractivity contribution in [2.75, 3.05) is 30.4 Å². The summed E-state index contributed by atoms with van der Waals surface area (Å²) < 4.78 is 23.5. The summed E-state index contributed by atoms with van der Waals surface area (Å²) in [6.07, 6.45) is 0.504. The summed E-state index contributed by atoms with van der Waals surface area (Å²) in [5.41, 5.74) is 2.20. The number of hydrogen-bond donors (Lipinski definition) is 1. The SMILES string of the molecule is CCN(C(=O)c1ccc(-c2nc(C)cc(NC)n2)cc1)[C@H]1CCS(=O)(=O)C1. The Morgan fingerprint density at radius 3 is 2.52 bits per heavy atom. The Morgan fingerprint density at radius 2 is 1.96 bits per heavy atom. The van der Waals surface area contributed by atoms with Crippen molar-refractivity contribution in [3.8, 4) is 11.4 Å². The Hall–Kier alpha value is -2.48. The topological polar surface area (TPSA) is 92.3 Å². The fraction of sp³-hybridized carbons (Fsp3) is 0.421. The zero-order valence-corrected chi connectivity index (χ0v) is 16.6. The van der Waals surface area contributed by atoms with Gasteiger partial charge in [-0.05, 0) is 32.4 Å². The van der Waals surface area contributed by atoms with Gasteiger partial charge in [-0.25, -0.2) is 18.4 Å². The van der Waals surface area contributed by atoms with Crippen LogP contribution < -0.4 is 5.32 Å². The van der Waals surface area contributed by atoms with Crippen molar-refractivity contribution in [3.05, 3.63) is 41.6 Å². The molecule has 7 nitrogen and oxygen atoms in total. The summed E-state index contributed by atoms with van der Waals surface area (Å²) in [4.78, 5) is 23.4. The van der Waals surface area contributed by atoms with E-state index in [1.165, 1.54) is 0 Å². The molecule has 1 saturated heterocycles. The van der Waals surface area contributed by atoms with Gasteiger partial charge in [0.25, 0.3) is 5.91 Å². The maximum Gasteiger partial charge on any atom is 0.254 e. The first-order chi connectivity index (χ1) is 12.8.